The van der Waals surface area contributed by atoms with Gasteiger partial charge in [0.2, 0.25) is 0 Å². The number of fused-ring (bicyclic) bond motifs is 2. The van der Waals surface area contributed by atoms with Crippen LogP contribution in [0.3, 0.4) is 0 Å². The highest BCUT2D eigenvalue weighted by molar-refractivity contribution is 7.22. The molecule has 0 aliphatic heterocycles. The van der Waals surface area contributed by atoms with Crippen molar-refractivity contribution >= 4 is 50.0 Å². The van der Waals surface area contributed by atoms with E-state index in [0.717, 1.165) is 66.2 Å². The molecular weight excluding hydrogens is 602 g/mol. The average molecular weight is 638 g/mol. The first-order valence-electron chi connectivity index (χ1n) is 15.0. The zero-order valence-corrected chi connectivity index (χ0v) is 27.9. The minimum absolute atomic E-state index is 0.111. The molecule has 45 heavy (non-hydrogen) atoms. The molecule has 230 valence electrons. The number of nitrogens with zero attached hydrogens (tertiary/aromatic N) is 3. The summed E-state index contributed by atoms with van der Waals surface area (Å²) in [5.74, 6) is -0.402. The lowest BCUT2D eigenvalue weighted by atomic mass is 9.92. The Bertz CT molecular complexity index is 2010. The fourth-order valence-corrected chi connectivity index (χ4v) is 6.87. The second-order valence-electron chi connectivity index (χ2n) is 12.4. The normalized spacial score (nSPS) is 12.6. The second-order valence-corrected chi connectivity index (χ2v) is 13.8. The number of ether oxygens (including phenoxy) is 2. The van der Waals surface area contributed by atoms with E-state index < -0.39 is 17.7 Å². The van der Waals surface area contributed by atoms with Crippen LogP contribution in [-0.4, -0.2) is 32.9 Å². The Hall–Kier alpha value is -4.04. The van der Waals surface area contributed by atoms with Crippen molar-refractivity contribution in [3.63, 3.8) is 0 Å². The molecule has 0 N–H and O–H groups in total. The molecule has 6 aromatic rings. The first-order chi connectivity index (χ1) is 21.5. The molecule has 8 heteroatoms. The SMILES string of the molecule is Cc1cc2nc(-c3ccc4nn(Cc5ccccc5)c(C)c4c3)sc2c(-c2ccc(Cl)cc2)c1[C@H](C)OC(=O)COC(C)(C)C. The van der Waals surface area contributed by atoms with Crippen LogP contribution in [0.15, 0.2) is 78.9 Å². The maximum atomic E-state index is 12.8. The number of hydrogen-bond acceptors (Lipinski definition) is 6. The lowest BCUT2D eigenvalue weighted by molar-refractivity contribution is -0.158. The molecule has 0 saturated carbocycles. The third kappa shape index (κ3) is 6.66. The largest absolute Gasteiger partial charge is 0.456 e. The van der Waals surface area contributed by atoms with E-state index in [-0.39, 0.29) is 6.61 Å². The molecule has 2 heterocycles. The van der Waals surface area contributed by atoms with Crippen LogP contribution in [0, 0.1) is 13.8 Å². The number of thiazole rings is 1. The number of esters is 1. The standard InChI is InChI=1S/C37H36ClN3O3S/c1-22-18-31-35(34(26-12-15-28(38)16-13-26)33(22)24(3)44-32(42)21-43-37(4,5)6)45-36(39-31)27-14-17-30-29(19-27)23(2)41(40-30)20-25-10-8-7-9-11-25/h7-19,24H,20-21H2,1-6H3/t24-/m0/s1. The summed E-state index contributed by atoms with van der Waals surface area (Å²) in [6.07, 6.45) is -0.504. The van der Waals surface area contributed by atoms with Crippen molar-refractivity contribution in [2.45, 2.75) is 59.8 Å². The number of aromatic nitrogens is 3. The number of aryl methyl sites for hydroxylation is 2. The highest BCUT2D eigenvalue weighted by Crippen LogP contribution is 2.44. The van der Waals surface area contributed by atoms with Crippen molar-refractivity contribution in [3.8, 4) is 21.7 Å². The first kappa shape index (κ1) is 31.0. The van der Waals surface area contributed by atoms with Crippen LogP contribution in [0.5, 0.6) is 0 Å². The van der Waals surface area contributed by atoms with E-state index in [2.05, 4.69) is 60.1 Å². The zero-order valence-electron chi connectivity index (χ0n) is 26.3. The van der Waals surface area contributed by atoms with Gasteiger partial charge in [0.15, 0.2) is 0 Å². The maximum Gasteiger partial charge on any atom is 0.332 e. The molecule has 0 radical (unpaired) electrons. The van der Waals surface area contributed by atoms with Crippen LogP contribution in [0.2, 0.25) is 5.02 Å². The summed E-state index contributed by atoms with van der Waals surface area (Å²) in [5.41, 5.74) is 8.69. The summed E-state index contributed by atoms with van der Waals surface area (Å²) >= 11 is 7.92. The molecule has 6 rings (SSSR count). The van der Waals surface area contributed by atoms with E-state index in [9.17, 15) is 4.79 Å². The molecule has 2 aromatic heterocycles. The van der Waals surface area contributed by atoms with Gasteiger partial charge < -0.3 is 9.47 Å². The summed E-state index contributed by atoms with van der Waals surface area (Å²) in [7, 11) is 0. The van der Waals surface area contributed by atoms with Crippen molar-refractivity contribution in [2.75, 3.05) is 6.61 Å². The fraction of sp³-hybridized carbons (Fsp3) is 0.270. The summed E-state index contributed by atoms with van der Waals surface area (Å²) in [4.78, 5) is 17.9. The Morgan fingerprint density at radius 2 is 1.67 bits per heavy atom. The fourth-order valence-electron chi connectivity index (χ4n) is 5.63. The topological polar surface area (TPSA) is 66.2 Å². The van der Waals surface area contributed by atoms with Gasteiger partial charge in [-0.15, -0.1) is 11.3 Å². The Morgan fingerprint density at radius 3 is 2.38 bits per heavy atom. The molecule has 6 nitrogen and oxygen atoms in total. The molecule has 0 aliphatic carbocycles. The Labute approximate surface area is 272 Å². The molecule has 4 aromatic carbocycles. The second kappa shape index (κ2) is 12.4. The molecule has 1 atom stereocenters. The molecular formula is C37H36ClN3O3S. The van der Waals surface area contributed by atoms with Crippen LogP contribution in [0.4, 0.5) is 0 Å². The quantitative estimate of drug-likeness (QED) is 0.155. The van der Waals surface area contributed by atoms with Gasteiger partial charge in [0.1, 0.15) is 17.7 Å². The van der Waals surface area contributed by atoms with Gasteiger partial charge in [-0.25, -0.2) is 9.78 Å². The Balaban J connectivity index is 1.41. The van der Waals surface area contributed by atoms with Crippen molar-refractivity contribution in [3.05, 3.63) is 106 Å². The van der Waals surface area contributed by atoms with Crippen LogP contribution in [0.1, 0.15) is 56.2 Å². The molecule has 0 amide bonds. The van der Waals surface area contributed by atoms with Crippen LogP contribution >= 0.6 is 22.9 Å². The van der Waals surface area contributed by atoms with E-state index in [1.54, 1.807) is 11.3 Å². The summed E-state index contributed by atoms with van der Waals surface area (Å²) in [6, 6.07) is 26.6. The monoisotopic (exact) mass is 637 g/mol. The van der Waals surface area contributed by atoms with Gasteiger partial charge in [-0.3, -0.25) is 4.68 Å². The van der Waals surface area contributed by atoms with Gasteiger partial charge >= 0.3 is 5.97 Å². The predicted molar refractivity (Wildman–Crippen MR) is 184 cm³/mol. The maximum absolute atomic E-state index is 12.8. The van der Waals surface area contributed by atoms with Crippen LogP contribution < -0.4 is 0 Å². The van der Waals surface area contributed by atoms with Gasteiger partial charge in [-0.2, -0.15) is 5.10 Å². The number of carbonyl (C=O) groups excluding carboxylic acids is 1. The summed E-state index contributed by atoms with van der Waals surface area (Å²) < 4.78 is 14.7. The van der Waals surface area contributed by atoms with Gasteiger partial charge in [-0.1, -0.05) is 54.1 Å². The number of benzene rings is 4. The average Bonchev–Trinajstić information content (AvgIpc) is 3.56. The third-order valence-electron chi connectivity index (χ3n) is 7.82. The number of hydrogen-bond donors (Lipinski definition) is 0. The van der Waals surface area contributed by atoms with Crippen LogP contribution in [-0.2, 0) is 20.8 Å². The van der Waals surface area contributed by atoms with E-state index in [1.807, 2.05) is 65.0 Å². The number of halogens is 1. The smallest absolute Gasteiger partial charge is 0.332 e. The molecule has 0 fully saturated rings. The van der Waals surface area contributed by atoms with Crippen molar-refractivity contribution in [2.24, 2.45) is 0 Å². The van der Waals surface area contributed by atoms with Crippen molar-refractivity contribution < 1.29 is 14.3 Å². The Morgan fingerprint density at radius 1 is 0.956 bits per heavy atom. The summed E-state index contributed by atoms with van der Waals surface area (Å²) in [5, 5.41) is 7.55. The van der Waals surface area contributed by atoms with E-state index in [0.29, 0.717) is 5.02 Å². The Kier molecular flexibility index (Phi) is 8.53. The summed E-state index contributed by atoms with van der Waals surface area (Å²) in [6.45, 7) is 12.4. The minimum atomic E-state index is -0.504. The highest BCUT2D eigenvalue weighted by atomic mass is 35.5. The third-order valence-corrected chi connectivity index (χ3v) is 9.21. The number of rotatable bonds is 8. The van der Waals surface area contributed by atoms with E-state index in [1.165, 1.54) is 5.56 Å². The minimum Gasteiger partial charge on any atom is -0.456 e. The van der Waals surface area contributed by atoms with E-state index in [4.69, 9.17) is 31.2 Å². The zero-order chi connectivity index (χ0) is 31.9. The predicted octanol–water partition coefficient (Wildman–Crippen LogP) is 9.72. The van der Waals surface area contributed by atoms with Gasteiger partial charge in [0.25, 0.3) is 0 Å². The van der Waals surface area contributed by atoms with Crippen molar-refractivity contribution in [1.29, 1.82) is 0 Å². The van der Waals surface area contributed by atoms with Gasteiger partial charge in [0.05, 0.1) is 27.9 Å². The molecule has 0 spiro atoms. The van der Waals surface area contributed by atoms with Gasteiger partial charge in [0, 0.05) is 32.8 Å². The van der Waals surface area contributed by atoms with Crippen molar-refractivity contribution in [1.82, 2.24) is 14.8 Å². The molecule has 0 unspecified atom stereocenters. The van der Waals surface area contributed by atoms with Crippen LogP contribution in [0.25, 0.3) is 42.8 Å². The first-order valence-corrected chi connectivity index (χ1v) is 16.2. The lowest BCUT2D eigenvalue weighted by Gasteiger charge is -2.22. The lowest BCUT2D eigenvalue weighted by Crippen LogP contribution is -2.25. The van der Waals surface area contributed by atoms with E-state index >= 15 is 0 Å². The molecule has 0 bridgehead atoms. The van der Waals surface area contributed by atoms with Gasteiger partial charge in [-0.05, 0) is 94.6 Å². The molecule has 0 saturated heterocycles. The highest BCUT2D eigenvalue weighted by Gasteiger charge is 2.25. The molecule has 0 aliphatic rings. The number of carbonyl (C=O) groups is 1.